The fraction of sp³-hybridized carbons (Fsp3) is 0.200. The van der Waals surface area contributed by atoms with Crippen molar-refractivity contribution in [2.45, 2.75) is 6.42 Å². The van der Waals surface area contributed by atoms with Crippen molar-refractivity contribution in [3.63, 3.8) is 0 Å². The summed E-state index contributed by atoms with van der Waals surface area (Å²) in [6.45, 7) is -0.0942. The SMILES string of the molecule is COc1cc(C(=O)CCOC(=O)/C=C/c2ccc(O)cc2)cc(OC)c1O. The number of rotatable bonds is 8. The number of phenols is 2. The van der Waals surface area contributed by atoms with E-state index in [0.717, 1.165) is 5.56 Å². The topological polar surface area (TPSA) is 102 Å². The Morgan fingerprint density at radius 3 is 2.15 bits per heavy atom. The molecule has 7 nitrogen and oxygen atoms in total. The number of benzene rings is 2. The van der Waals surface area contributed by atoms with E-state index in [-0.39, 0.29) is 47.4 Å². The minimum absolute atomic E-state index is 0.0319. The van der Waals surface area contributed by atoms with Crippen molar-refractivity contribution in [1.82, 2.24) is 0 Å². The average Bonchev–Trinajstić information content (AvgIpc) is 2.67. The molecular weight excluding hydrogens is 352 g/mol. The molecule has 0 bridgehead atoms. The van der Waals surface area contributed by atoms with Gasteiger partial charge in [-0.3, -0.25) is 4.79 Å². The number of hydrogen-bond donors (Lipinski definition) is 2. The van der Waals surface area contributed by atoms with E-state index in [2.05, 4.69) is 0 Å². The molecule has 2 rings (SSSR count). The average molecular weight is 372 g/mol. The first-order valence-electron chi connectivity index (χ1n) is 8.06. The molecule has 0 saturated heterocycles. The summed E-state index contributed by atoms with van der Waals surface area (Å²) in [6, 6.07) is 9.09. The number of aromatic hydroxyl groups is 2. The second kappa shape index (κ2) is 9.28. The largest absolute Gasteiger partial charge is 0.508 e. The number of ketones is 1. The molecule has 142 valence electrons. The molecule has 0 spiro atoms. The summed E-state index contributed by atoms with van der Waals surface area (Å²) in [4.78, 5) is 24.0. The van der Waals surface area contributed by atoms with Crippen molar-refractivity contribution in [2.24, 2.45) is 0 Å². The molecule has 0 saturated carbocycles. The van der Waals surface area contributed by atoms with E-state index in [1.165, 1.54) is 44.6 Å². The van der Waals surface area contributed by atoms with Gasteiger partial charge < -0.3 is 24.4 Å². The van der Waals surface area contributed by atoms with E-state index in [1.807, 2.05) is 0 Å². The van der Waals surface area contributed by atoms with Crippen molar-refractivity contribution < 1.29 is 34.0 Å². The Morgan fingerprint density at radius 1 is 1.00 bits per heavy atom. The summed E-state index contributed by atoms with van der Waals surface area (Å²) in [5, 5.41) is 19.1. The highest BCUT2D eigenvalue weighted by molar-refractivity contribution is 5.97. The van der Waals surface area contributed by atoms with Gasteiger partial charge in [0.15, 0.2) is 17.3 Å². The van der Waals surface area contributed by atoms with Crippen LogP contribution in [0.1, 0.15) is 22.3 Å². The van der Waals surface area contributed by atoms with Gasteiger partial charge in [-0.2, -0.15) is 0 Å². The van der Waals surface area contributed by atoms with Crippen LogP contribution in [-0.4, -0.2) is 42.8 Å². The summed E-state index contributed by atoms with van der Waals surface area (Å²) in [7, 11) is 2.73. The van der Waals surface area contributed by atoms with Gasteiger partial charge in [-0.05, 0) is 35.9 Å². The van der Waals surface area contributed by atoms with Crippen LogP contribution < -0.4 is 9.47 Å². The predicted molar refractivity (Wildman–Crippen MR) is 98.3 cm³/mol. The lowest BCUT2D eigenvalue weighted by Gasteiger charge is -2.10. The molecule has 0 aromatic heterocycles. The van der Waals surface area contributed by atoms with Gasteiger partial charge in [0.25, 0.3) is 0 Å². The summed E-state index contributed by atoms with van der Waals surface area (Å²) in [5.74, 6) is -0.699. The fourth-order valence-corrected chi connectivity index (χ4v) is 2.24. The maximum Gasteiger partial charge on any atom is 0.330 e. The molecule has 0 radical (unpaired) electrons. The second-order valence-corrected chi connectivity index (χ2v) is 5.49. The number of Topliss-reactive ketones (excluding diaryl/α,β-unsaturated/α-hetero) is 1. The molecule has 0 atom stereocenters. The van der Waals surface area contributed by atoms with E-state index in [9.17, 15) is 19.8 Å². The maximum absolute atomic E-state index is 12.3. The number of methoxy groups -OCH3 is 2. The van der Waals surface area contributed by atoms with Crippen LogP contribution in [0.2, 0.25) is 0 Å². The highest BCUT2D eigenvalue weighted by Gasteiger charge is 2.15. The summed E-state index contributed by atoms with van der Waals surface area (Å²) in [5.41, 5.74) is 1.00. The number of esters is 1. The quantitative estimate of drug-likeness (QED) is 0.417. The summed E-state index contributed by atoms with van der Waals surface area (Å²) in [6.07, 6.45) is 2.75. The standard InChI is InChI=1S/C20H20O7/c1-25-17-11-14(12-18(26-2)20(17)24)16(22)9-10-27-19(23)8-5-13-3-6-15(21)7-4-13/h3-8,11-12,21,24H,9-10H2,1-2H3/b8-5+. The minimum Gasteiger partial charge on any atom is -0.508 e. The zero-order valence-electron chi connectivity index (χ0n) is 15.0. The third-order valence-electron chi connectivity index (χ3n) is 3.68. The third-order valence-corrected chi connectivity index (χ3v) is 3.68. The van der Waals surface area contributed by atoms with Crippen LogP contribution in [0.4, 0.5) is 0 Å². The van der Waals surface area contributed by atoms with Gasteiger partial charge in [-0.15, -0.1) is 0 Å². The second-order valence-electron chi connectivity index (χ2n) is 5.49. The Balaban J connectivity index is 1.90. The molecule has 0 fully saturated rings. The van der Waals surface area contributed by atoms with Gasteiger partial charge in [0.1, 0.15) is 5.75 Å². The van der Waals surface area contributed by atoms with E-state index >= 15 is 0 Å². The van der Waals surface area contributed by atoms with Crippen LogP contribution in [0.15, 0.2) is 42.5 Å². The zero-order valence-corrected chi connectivity index (χ0v) is 15.0. The predicted octanol–water partition coefficient (Wildman–Crippen LogP) is 2.94. The lowest BCUT2D eigenvalue weighted by Crippen LogP contribution is -2.08. The molecule has 0 aliphatic rings. The van der Waals surface area contributed by atoms with E-state index in [0.29, 0.717) is 0 Å². The van der Waals surface area contributed by atoms with Gasteiger partial charge in [0.2, 0.25) is 5.75 Å². The first-order valence-corrected chi connectivity index (χ1v) is 8.06. The first kappa shape index (κ1) is 19.8. The van der Waals surface area contributed by atoms with E-state index < -0.39 is 5.97 Å². The third kappa shape index (κ3) is 5.50. The molecule has 27 heavy (non-hydrogen) atoms. The fourth-order valence-electron chi connectivity index (χ4n) is 2.24. The minimum atomic E-state index is -0.586. The van der Waals surface area contributed by atoms with Gasteiger partial charge in [-0.25, -0.2) is 4.79 Å². The molecule has 0 heterocycles. The number of carbonyl (C=O) groups excluding carboxylic acids is 2. The summed E-state index contributed by atoms with van der Waals surface area (Å²) >= 11 is 0. The Kier molecular flexibility index (Phi) is 6.82. The van der Waals surface area contributed by atoms with Crippen LogP contribution in [0.5, 0.6) is 23.0 Å². The normalized spacial score (nSPS) is 10.6. The Hall–Kier alpha value is -3.48. The number of carbonyl (C=O) groups is 2. The number of phenolic OH excluding ortho intramolecular Hbond substituents is 2. The molecule has 2 aromatic rings. The highest BCUT2D eigenvalue weighted by Crippen LogP contribution is 2.37. The molecule has 0 aliphatic carbocycles. The van der Waals surface area contributed by atoms with E-state index in [1.54, 1.807) is 18.2 Å². The lowest BCUT2D eigenvalue weighted by molar-refractivity contribution is -0.137. The Morgan fingerprint density at radius 2 is 1.59 bits per heavy atom. The Labute approximate surface area is 156 Å². The molecule has 0 amide bonds. The maximum atomic E-state index is 12.3. The first-order chi connectivity index (χ1) is 12.9. The van der Waals surface area contributed by atoms with Crippen LogP contribution in [0.25, 0.3) is 6.08 Å². The molecule has 2 aromatic carbocycles. The van der Waals surface area contributed by atoms with Crippen molar-refractivity contribution in [1.29, 1.82) is 0 Å². The number of ether oxygens (including phenoxy) is 3. The van der Waals surface area contributed by atoms with Gasteiger partial charge in [-0.1, -0.05) is 12.1 Å². The van der Waals surface area contributed by atoms with Gasteiger partial charge in [0.05, 0.1) is 20.8 Å². The van der Waals surface area contributed by atoms with Gasteiger partial charge >= 0.3 is 5.97 Å². The van der Waals surface area contributed by atoms with Crippen LogP contribution in [0.3, 0.4) is 0 Å². The van der Waals surface area contributed by atoms with Crippen molar-refractivity contribution in [3.8, 4) is 23.0 Å². The van der Waals surface area contributed by atoms with Crippen molar-refractivity contribution in [2.75, 3.05) is 20.8 Å². The van der Waals surface area contributed by atoms with E-state index in [4.69, 9.17) is 14.2 Å². The monoisotopic (exact) mass is 372 g/mol. The van der Waals surface area contributed by atoms with Crippen molar-refractivity contribution >= 4 is 17.8 Å². The smallest absolute Gasteiger partial charge is 0.330 e. The number of hydrogen-bond acceptors (Lipinski definition) is 7. The van der Waals surface area contributed by atoms with Crippen LogP contribution >= 0.6 is 0 Å². The zero-order chi connectivity index (χ0) is 19.8. The molecule has 0 aliphatic heterocycles. The molecule has 7 heteroatoms. The molecular formula is C20H20O7. The van der Waals surface area contributed by atoms with Gasteiger partial charge in [0, 0.05) is 18.1 Å². The highest BCUT2D eigenvalue weighted by atomic mass is 16.5. The lowest BCUT2D eigenvalue weighted by atomic mass is 10.1. The summed E-state index contributed by atoms with van der Waals surface area (Å²) < 4.78 is 15.0. The van der Waals surface area contributed by atoms with Crippen molar-refractivity contribution in [3.05, 3.63) is 53.6 Å². The van der Waals surface area contributed by atoms with Crippen LogP contribution in [-0.2, 0) is 9.53 Å². The Bertz CT molecular complexity index is 813. The molecule has 2 N–H and O–H groups in total. The van der Waals surface area contributed by atoms with Crippen LogP contribution in [0, 0.1) is 0 Å². The molecule has 0 unspecified atom stereocenters.